The maximum atomic E-state index is 11.7. The van der Waals surface area contributed by atoms with Crippen LogP contribution < -0.4 is 14.8 Å². The highest BCUT2D eigenvalue weighted by Gasteiger charge is 2.25. The second kappa shape index (κ2) is 6.62. The van der Waals surface area contributed by atoms with Gasteiger partial charge >= 0.3 is 0 Å². The third kappa shape index (κ3) is 2.80. The van der Waals surface area contributed by atoms with Crippen molar-refractivity contribution in [1.82, 2.24) is 25.1 Å². The van der Waals surface area contributed by atoms with Crippen molar-refractivity contribution in [1.29, 1.82) is 0 Å². The number of ether oxygens (including phenoxy) is 2. The Morgan fingerprint density at radius 2 is 2.03 bits per heavy atom. The number of carbonyl (C=O) groups is 1. The molecule has 30 heavy (non-hydrogen) atoms. The largest absolute Gasteiger partial charge is 0.454 e. The Bertz CT molecular complexity index is 1280. The molecule has 2 aromatic heterocycles. The molecule has 0 bridgehead atoms. The van der Waals surface area contributed by atoms with E-state index < -0.39 is 0 Å². The van der Waals surface area contributed by atoms with Crippen LogP contribution in [0.4, 0.5) is 0 Å². The Morgan fingerprint density at radius 3 is 2.93 bits per heavy atom. The van der Waals surface area contributed by atoms with Gasteiger partial charge in [-0.25, -0.2) is 9.67 Å². The van der Waals surface area contributed by atoms with Crippen molar-refractivity contribution in [3.05, 3.63) is 54.5 Å². The van der Waals surface area contributed by atoms with Crippen molar-refractivity contribution in [2.45, 2.75) is 25.3 Å². The summed E-state index contributed by atoms with van der Waals surface area (Å²) >= 11 is 0. The van der Waals surface area contributed by atoms with E-state index in [2.05, 4.69) is 16.4 Å². The zero-order chi connectivity index (χ0) is 20.1. The maximum absolute atomic E-state index is 11.7. The second-order valence-corrected chi connectivity index (χ2v) is 7.56. The SMILES string of the molecule is O=C1CC[C@H](Cc2nc(-c3c[nH]c4ccccc34)nn2-c2ccc3c(c2)OCO3)N1. The second-order valence-electron chi connectivity index (χ2n) is 7.56. The number of benzene rings is 2. The fraction of sp³-hybridized carbons (Fsp3) is 0.227. The van der Waals surface area contributed by atoms with E-state index in [1.54, 1.807) is 0 Å². The third-order valence-electron chi connectivity index (χ3n) is 5.62. The van der Waals surface area contributed by atoms with E-state index in [0.29, 0.717) is 24.4 Å². The Hall–Kier alpha value is -3.81. The van der Waals surface area contributed by atoms with Crippen molar-refractivity contribution in [2.75, 3.05) is 6.79 Å². The number of fused-ring (bicyclic) bond motifs is 2. The molecule has 1 fully saturated rings. The number of rotatable bonds is 4. The average Bonchev–Trinajstić information content (AvgIpc) is 3.53. The molecule has 0 aliphatic carbocycles. The first kappa shape index (κ1) is 17.1. The molecule has 0 unspecified atom stereocenters. The maximum Gasteiger partial charge on any atom is 0.231 e. The van der Waals surface area contributed by atoms with Crippen LogP contribution in [0.3, 0.4) is 0 Å². The number of aromatic nitrogens is 4. The molecule has 0 saturated carbocycles. The molecule has 4 heterocycles. The molecular weight excluding hydrogens is 382 g/mol. The van der Waals surface area contributed by atoms with E-state index in [0.717, 1.165) is 40.1 Å². The van der Waals surface area contributed by atoms with Crippen molar-refractivity contribution in [3.63, 3.8) is 0 Å². The van der Waals surface area contributed by atoms with Crippen molar-refractivity contribution in [3.8, 4) is 28.6 Å². The smallest absolute Gasteiger partial charge is 0.231 e. The van der Waals surface area contributed by atoms with Crippen molar-refractivity contribution in [2.24, 2.45) is 0 Å². The van der Waals surface area contributed by atoms with Gasteiger partial charge in [0.1, 0.15) is 5.82 Å². The third-order valence-corrected chi connectivity index (χ3v) is 5.62. The molecule has 0 spiro atoms. The van der Waals surface area contributed by atoms with Crippen LogP contribution in [0.25, 0.3) is 28.0 Å². The minimum Gasteiger partial charge on any atom is -0.454 e. The predicted octanol–water partition coefficient (Wildman–Crippen LogP) is 2.97. The van der Waals surface area contributed by atoms with Gasteiger partial charge in [0.2, 0.25) is 12.7 Å². The molecule has 150 valence electrons. The summed E-state index contributed by atoms with van der Waals surface area (Å²) in [5, 5.41) is 8.93. The zero-order valence-corrected chi connectivity index (χ0v) is 16.1. The molecule has 8 heteroatoms. The molecule has 2 aromatic carbocycles. The van der Waals surface area contributed by atoms with Crippen LogP contribution in [-0.2, 0) is 11.2 Å². The molecule has 2 aliphatic heterocycles. The highest BCUT2D eigenvalue weighted by atomic mass is 16.7. The fourth-order valence-corrected chi connectivity index (χ4v) is 4.12. The summed E-state index contributed by atoms with van der Waals surface area (Å²) in [7, 11) is 0. The summed E-state index contributed by atoms with van der Waals surface area (Å²) in [6.07, 6.45) is 3.90. The number of H-pyrrole nitrogens is 1. The van der Waals surface area contributed by atoms with Crippen LogP contribution in [0.15, 0.2) is 48.7 Å². The molecule has 1 amide bonds. The molecule has 8 nitrogen and oxygen atoms in total. The first-order valence-electron chi connectivity index (χ1n) is 9.96. The van der Waals surface area contributed by atoms with Gasteiger partial charge in [-0.05, 0) is 24.6 Å². The Labute approximate surface area is 171 Å². The monoisotopic (exact) mass is 401 g/mol. The lowest BCUT2D eigenvalue weighted by molar-refractivity contribution is -0.119. The van der Waals surface area contributed by atoms with Gasteiger partial charge in [0, 0.05) is 47.6 Å². The predicted molar refractivity (Wildman–Crippen MR) is 110 cm³/mol. The number of amides is 1. The zero-order valence-electron chi connectivity index (χ0n) is 16.1. The molecule has 1 atom stereocenters. The highest BCUT2D eigenvalue weighted by Crippen LogP contribution is 2.34. The Morgan fingerprint density at radius 1 is 1.13 bits per heavy atom. The van der Waals surface area contributed by atoms with Gasteiger partial charge in [-0.15, -0.1) is 5.10 Å². The van der Waals surface area contributed by atoms with E-state index in [-0.39, 0.29) is 18.7 Å². The van der Waals surface area contributed by atoms with Gasteiger partial charge < -0.3 is 19.8 Å². The van der Waals surface area contributed by atoms with Crippen LogP contribution in [-0.4, -0.2) is 38.5 Å². The number of para-hydroxylation sites is 1. The molecule has 2 N–H and O–H groups in total. The Kier molecular flexibility index (Phi) is 3.77. The number of nitrogens with one attached hydrogen (secondary N) is 2. The van der Waals surface area contributed by atoms with Gasteiger partial charge in [-0.2, -0.15) is 0 Å². The Balaban J connectivity index is 1.45. The van der Waals surface area contributed by atoms with Crippen LogP contribution in [0.5, 0.6) is 11.5 Å². The van der Waals surface area contributed by atoms with E-state index in [1.807, 2.05) is 47.3 Å². The first-order chi connectivity index (χ1) is 14.7. The number of carbonyl (C=O) groups excluding carboxylic acids is 1. The van der Waals surface area contributed by atoms with E-state index in [1.165, 1.54) is 0 Å². The molecular formula is C22H19N5O3. The van der Waals surface area contributed by atoms with Gasteiger partial charge in [0.05, 0.1) is 5.69 Å². The average molecular weight is 401 g/mol. The normalized spacial score (nSPS) is 17.6. The standard InChI is InChI=1S/C22H19N5O3/c28-21-8-5-13(24-21)9-20-25-22(16-11-23-17-4-2-1-3-15(16)17)26-27(20)14-6-7-18-19(10-14)30-12-29-18/h1-4,6-7,10-11,13,23H,5,8-9,12H2,(H,24,28)/t13-/m1/s1. The van der Waals surface area contributed by atoms with Crippen LogP contribution >= 0.6 is 0 Å². The van der Waals surface area contributed by atoms with E-state index >= 15 is 0 Å². The lowest BCUT2D eigenvalue weighted by atomic mass is 10.1. The quantitative estimate of drug-likeness (QED) is 0.548. The molecule has 4 aromatic rings. The van der Waals surface area contributed by atoms with Gasteiger partial charge in [0.15, 0.2) is 17.3 Å². The molecule has 0 radical (unpaired) electrons. The van der Waals surface area contributed by atoms with Gasteiger partial charge in [-0.1, -0.05) is 18.2 Å². The van der Waals surface area contributed by atoms with Crippen molar-refractivity contribution < 1.29 is 14.3 Å². The molecule has 6 rings (SSSR count). The summed E-state index contributed by atoms with van der Waals surface area (Å²) in [5.41, 5.74) is 2.83. The number of nitrogens with zero attached hydrogens (tertiary/aromatic N) is 3. The van der Waals surface area contributed by atoms with Crippen LogP contribution in [0, 0.1) is 0 Å². The lowest BCUT2D eigenvalue weighted by Crippen LogP contribution is -2.28. The summed E-state index contributed by atoms with van der Waals surface area (Å²) in [5.74, 6) is 2.94. The molecule has 2 aliphatic rings. The lowest BCUT2D eigenvalue weighted by Gasteiger charge is -2.11. The topological polar surface area (TPSA) is 94.1 Å². The molecule has 1 saturated heterocycles. The minimum atomic E-state index is 0.0604. The van der Waals surface area contributed by atoms with Gasteiger partial charge in [0.25, 0.3) is 0 Å². The highest BCUT2D eigenvalue weighted by molar-refractivity contribution is 5.93. The summed E-state index contributed by atoms with van der Waals surface area (Å²) in [4.78, 5) is 19.8. The van der Waals surface area contributed by atoms with E-state index in [4.69, 9.17) is 19.6 Å². The summed E-state index contributed by atoms with van der Waals surface area (Å²) in [6, 6.07) is 13.9. The first-order valence-corrected chi connectivity index (χ1v) is 9.96. The fourth-order valence-electron chi connectivity index (χ4n) is 4.12. The van der Waals surface area contributed by atoms with Crippen molar-refractivity contribution >= 4 is 16.8 Å². The number of hydrogen-bond acceptors (Lipinski definition) is 5. The van der Waals surface area contributed by atoms with E-state index in [9.17, 15) is 4.79 Å². The summed E-state index contributed by atoms with van der Waals surface area (Å²) in [6.45, 7) is 0.220. The number of aromatic amines is 1. The van der Waals surface area contributed by atoms with Gasteiger partial charge in [-0.3, -0.25) is 4.79 Å². The van der Waals surface area contributed by atoms with Crippen LogP contribution in [0.1, 0.15) is 18.7 Å². The van der Waals surface area contributed by atoms with Crippen LogP contribution in [0.2, 0.25) is 0 Å². The minimum absolute atomic E-state index is 0.0604. The number of hydrogen-bond donors (Lipinski definition) is 2. The summed E-state index contributed by atoms with van der Waals surface area (Å²) < 4.78 is 12.8.